The fourth-order valence-corrected chi connectivity index (χ4v) is 24.5. The maximum absolute atomic E-state index is 7.93. The third kappa shape index (κ3) is 9.76. The van der Waals surface area contributed by atoms with E-state index in [-0.39, 0.29) is 27.0 Å². The van der Waals surface area contributed by atoms with Crippen LogP contribution in [0.3, 0.4) is 0 Å². The molecule has 6 unspecified atom stereocenters. The number of hydrogen-bond acceptors (Lipinski definition) is 4. The topological polar surface area (TPSA) is 36.9 Å². The van der Waals surface area contributed by atoms with Crippen molar-refractivity contribution in [2.45, 2.75) is 225 Å². The van der Waals surface area contributed by atoms with Crippen molar-refractivity contribution >= 4 is 41.3 Å². The molecule has 0 N–H and O–H groups in total. The lowest BCUT2D eigenvalue weighted by molar-refractivity contribution is 0.00248. The first-order chi connectivity index (χ1) is 19.5. The molecule has 0 fully saturated rings. The van der Waals surface area contributed by atoms with Gasteiger partial charge in [0.25, 0.3) is 0 Å². The molecule has 0 rings (SSSR count). The summed E-state index contributed by atoms with van der Waals surface area (Å²) >= 11 is 0. The van der Waals surface area contributed by atoms with Crippen LogP contribution < -0.4 is 0 Å². The molecule has 44 heavy (non-hydrogen) atoms. The monoisotopic (exact) mass is 707 g/mol. The summed E-state index contributed by atoms with van der Waals surface area (Å²) in [5.41, 5.74) is 0.0815. The molecule has 0 spiro atoms. The van der Waals surface area contributed by atoms with E-state index in [4.69, 9.17) is 17.7 Å². The molecule has 4 nitrogen and oxygen atoms in total. The summed E-state index contributed by atoms with van der Waals surface area (Å²) < 4.78 is 29.7. The Labute approximate surface area is 283 Å². The van der Waals surface area contributed by atoms with Crippen LogP contribution >= 0.6 is 0 Å². The van der Waals surface area contributed by atoms with Crippen LogP contribution in [0.1, 0.15) is 115 Å². The molecule has 0 amide bonds. The summed E-state index contributed by atoms with van der Waals surface area (Å²) in [6.07, 6.45) is 6.37. The first-order valence-corrected chi connectivity index (χ1v) is 33.7. The Morgan fingerprint density at radius 3 is 1.39 bits per heavy atom. The van der Waals surface area contributed by atoms with Crippen LogP contribution in [0.2, 0.25) is 88.1 Å². The lowest BCUT2D eigenvalue weighted by atomic mass is 9.89. The smallest absolute Gasteiger partial charge is 0.216 e. The summed E-state index contributed by atoms with van der Waals surface area (Å²) in [4.78, 5) is 0. The highest BCUT2D eigenvalue weighted by Crippen LogP contribution is 2.58. The minimum atomic E-state index is -2.39. The van der Waals surface area contributed by atoms with Crippen LogP contribution in [-0.4, -0.2) is 64.0 Å². The quantitative estimate of drug-likeness (QED) is 0.111. The maximum Gasteiger partial charge on any atom is 0.216 e. The zero-order valence-corrected chi connectivity index (χ0v) is 39.2. The zero-order valence-electron chi connectivity index (χ0n) is 34.2. The molecule has 0 aromatic carbocycles. The Balaban J connectivity index is 6.98. The van der Waals surface area contributed by atoms with Crippen LogP contribution in [0.15, 0.2) is 0 Å². The first kappa shape index (κ1) is 44.9. The second-order valence-electron chi connectivity index (χ2n) is 18.3. The van der Waals surface area contributed by atoms with Gasteiger partial charge in [0.1, 0.15) is 0 Å². The van der Waals surface area contributed by atoms with Gasteiger partial charge in [-0.25, -0.2) is 0 Å². The average molecular weight is 707 g/mol. The van der Waals surface area contributed by atoms with Crippen molar-refractivity contribution in [3.8, 4) is 0 Å². The van der Waals surface area contributed by atoms with Gasteiger partial charge in [0, 0.05) is 15.8 Å². The van der Waals surface area contributed by atoms with E-state index in [0.717, 1.165) is 44.6 Å². The van der Waals surface area contributed by atoms with Crippen molar-refractivity contribution in [1.82, 2.24) is 0 Å². The largest absolute Gasteiger partial charge is 0.417 e. The molecule has 0 saturated heterocycles. The van der Waals surface area contributed by atoms with Gasteiger partial charge in [-0.05, 0) is 104 Å². The fourth-order valence-electron chi connectivity index (χ4n) is 7.46. The standard InChI is InChI=1S/C35H82O4Si5/c1-23-29-44(22,38-34(10,27-5)32(7,8)42(18,19)37-31(25-3)40(12,13)14)33(9,26-4)30(24-2)36-43(20,21)35(11,28-6)39-41(15,16)17/h30-31H,23-29H2,1-22H3. The summed E-state index contributed by atoms with van der Waals surface area (Å²) in [5, 5.41) is -0.345. The van der Waals surface area contributed by atoms with Gasteiger partial charge in [-0.3, -0.25) is 0 Å². The van der Waals surface area contributed by atoms with Crippen LogP contribution in [-0.2, 0) is 17.7 Å². The van der Waals surface area contributed by atoms with Crippen molar-refractivity contribution in [3.05, 3.63) is 0 Å². The molecule has 0 saturated carbocycles. The van der Waals surface area contributed by atoms with Crippen LogP contribution in [0.25, 0.3) is 0 Å². The van der Waals surface area contributed by atoms with E-state index >= 15 is 0 Å². The predicted octanol–water partition coefficient (Wildman–Crippen LogP) is 12.5. The molecule has 0 aromatic heterocycles. The van der Waals surface area contributed by atoms with Gasteiger partial charge in [-0.2, -0.15) is 0 Å². The van der Waals surface area contributed by atoms with E-state index in [1.807, 2.05) is 0 Å². The predicted molar refractivity (Wildman–Crippen MR) is 211 cm³/mol. The lowest BCUT2D eigenvalue weighted by Gasteiger charge is -2.59. The van der Waals surface area contributed by atoms with Gasteiger partial charge in [-0.15, -0.1) is 0 Å². The van der Waals surface area contributed by atoms with E-state index in [9.17, 15) is 0 Å². The number of rotatable bonds is 21. The Morgan fingerprint density at radius 1 is 0.568 bits per heavy atom. The molecule has 0 aliphatic heterocycles. The SMILES string of the molecule is CCC[Si](C)(OC(C)(CC)C(C)(C)[Si](C)(C)OC(CC)[Si](C)(C)C)C(C)(CC)C(CC)O[Si](C)(C)C(C)(CC)O[Si](C)(C)C. The zero-order chi connectivity index (χ0) is 35.4. The first-order valence-electron chi connectivity index (χ1n) is 18.2. The molecule has 266 valence electrons. The average Bonchev–Trinajstić information content (AvgIpc) is 2.87. The summed E-state index contributed by atoms with van der Waals surface area (Å²) in [5.74, 6) is 0. The Bertz CT molecular complexity index is 883. The Kier molecular flexibility index (Phi) is 16.0. The fraction of sp³-hybridized carbons (Fsp3) is 1.00. The third-order valence-corrected chi connectivity index (χ3v) is 30.1. The summed E-state index contributed by atoms with van der Waals surface area (Å²) in [6.45, 7) is 52.8. The van der Waals surface area contributed by atoms with Crippen LogP contribution in [0.4, 0.5) is 0 Å². The minimum Gasteiger partial charge on any atom is -0.417 e. The van der Waals surface area contributed by atoms with Gasteiger partial charge in [-0.1, -0.05) is 88.4 Å². The maximum atomic E-state index is 7.93. The molecule has 0 aliphatic rings. The molecule has 0 heterocycles. The van der Waals surface area contributed by atoms with Gasteiger partial charge in [0.2, 0.25) is 8.32 Å². The molecular weight excluding hydrogens is 625 g/mol. The second kappa shape index (κ2) is 15.6. The molecule has 6 atom stereocenters. The van der Waals surface area contributed by atoms with Gasteiger partial charge < -0.3 is 17.7 Å². The van der Waals surface area contributed by atoms with Crippen LogP contribution in [0.5, 0.6) is 0 Å². The minimum absolute atomic E-state index is 0.0425. The van der Waals surface area contributed by atoms with Crippen molar-refractivity contribution in [3.63, 3.8) is 0 Å². The third-order valence-electron chi connectivity index (χ3n) is 12.4. The Morgan fingerprint density at radius 2 is 1.07 bits per heavy atom. The Hall–Kier alpha value is 0.924. The highest BCUT2D eigenvalue weighted by molar-refractivity contribution is 6.81. The molecular formula is C35H82O4Si5. The molecule has 0 aromatic rings. The molecule has 0 aliphatic carbocycles. The van der Waals surface area contributed by atoms with Gasteiger partial charge in [0.15, 0.2) is 25.0 Å². The van der Waals surface area contributed by atoms with E-state index in [2.05, 4.69) is 148 Å². The van der Waals surface area contributed by atoms with Gasteiger partial charge >= 0.3 is 0 Å². The molecule has 0 bridgehead atoms. The van der Waals surface area contributed by atoms with Crippen LogP contribution in [0, 0.1) is 0 Å². The highest BCUT2D eigenvalue weighted by Gasteiger charge is 2.61. The van der Waals surface area contributed by atoms with Gasteiger partial charge in [0.05, 0.1) is 25.0 Å². The molecule has 0 radical (unpaired) electrons. The van der Waals surface area contributed by atoms with Crippen molar-refractivity contribution < 1.29 is 17.7 Å². The van der Waals surface area contributed by atoms with E-state index < -0.39 is 41.3 Å². The van der Waals surface area contributed by atoms with Crippen molar-refractivity contribution in [2.24, 2.45) is 0 Å². The lowest BCUT2D eigenvalue weighted by Crippen LogP contribution is -2.66. The second-order valence-corrected chi connectivity index (χ2v) is 41.2. The van der Waals surface area contributed by atoms with Crippen molar-refractivity contribution in [2.75, 3.05) is 0 Å². The van der Waals surface area contributed by atoms with E-state index in [1.54, 1.807) is 0 Å². The highest BCUT2D eigenvalue weighted by atomic mass is 28.4. The normalized spacial score (nSPS) is 21.1. The van der Waals surface area contributed by atoms with E-state index in [0.29, 0.717) is 5.73 Å². The van der Waals surface area contributed by atoms with E-state index in [1.165, 1.54) is 0 Å². The van der Waals surface area contributed by atoms with Crippen molar-refractivity contribution in [1.29, 1.82) is 0 Å². The summed E-state index contributed by atoms with van der Waals surface area (Å²) in [6, 6.07) is 1.14. The molecule has 9 heteroatoms. The number of hydrogen-bond donors (Lipinski definition) is 0. The summed E-state index contributed by atoms with van der Waals surface area (Å²) in [7, 11) is -10.1.